The average Bonchev–Trinajstić information content (AvgIpc) is 2.22. The molecule has 0 aliphatic rings. The molecule has 1 aromatic carbocycles. The van der Waals surface area contributed by atoms with Crippen LogP contribution >= 0.6 is 15.9 Å². The van der Waals surface area contributed by atoms with Crippen LogP contribution in [0.4, 0.5) is 0 Å². The van der Waals surface area contributed by atoms with Crippen LogP contribution < -0.4 is 4.74 Å². The standard InChI is InChI=1S/C12H17BrO3/c1-6(14)5-9-7(2)10(13)8(3)12(16-4)11(9)15/h6,14-15H,5H2,1-4H3. The van der Waals surface area contributed by atoms with Gasteiger partial charge < -0.3 is 14.9 Å². The molecule has 0 radical (unpaired) electrons. The second-order valence-corrected chi connectivity index (χ2v) is 4.77. The minimum atomic E-state index is -0.496. The summed E-state index contributed by atoms with van der Waals surface area (Å²) < 4.78 is 6.09. The number of aromatic hydroxyl groups is 1. The molecule has 2 N–H and O–H groups in total. The predicted molar refractivity (Wildman–Crippen MR) is 67.2 cm³/mol. The average molecular weight is 289 g/mol. The Balaban J connectivity index is 3.43. The molecule has 0 bridgehead atoms. The Bertz CT molecular complexity index is 400. The molecule has 0 aromatic heterocycles. The van der Waals surface area contributed by atoms with Gasteiger partial charge in [-0.3, -0.25) is 0 Å². The largest absolute Gasteiger partial charge is 0.504 e. The Labute approximate surface area is 104 Å². The monoisotopic (exact) mass is 288 g/mol. The molecular weight excluding hydrogens is 272 g/mol. The van der Waals surface area contributed by atoms with E-state index >= 15 is 0 Å². The van der Waals surface area contributed by atoms with Crippen molar-refractivity contribution in [3.8, 4) is 11.5 Å². The van der Waals surface area contributed by atoms with E-state index in [1.165, 1.54) is 7.11 Å². The van der Waals surface area contributed by atoms with Gasteiger partial charge in [0.05, 0.1) is 13.2 Å². The molecule has 1 rings (SSSR count). The van der Waals surface area contributed by atoms with Crippen molar-refractivity contribution in [2.45, 2.75) is 33.3 Å². The number of ether oxygens (including phenoxy) is 1. The Morgan fingerprint density at radius 1 is 1.31 bits per heavy atom. The lowest BCUT2D eigenvalue weighted by Crippen LogP contribution is -2.07. The molecule has 0 saturated heterocycles. The van der Waals surface area contributed by atoms with Gasteiger partial charge in [0.25, 0.3) is 0 Å². The van der Waals surface area contributed by atoms with Crippen molar-refractivity contribution >= 4 is 15.9 Å². The fourth-order valence-electron chi connectivity index (χ4n) is 1.80. The van der Waals surface area contributed by atoms with Crippen molar-refractivity contribution in [2.24, 2.45) is 0 Å². The number of benzene rings is 1. The van der Waals surface area contributed by atoms with Gasteiger partial charge in [-0.2, -0.15) is 0 Å². The lowest BCUT2D eigenvalue weighted by Gasteiger charge is -2.17. The number of hydrogen-bond acceptors (Lipinski definition) is 3. The maximum Gasteiger partial charge on any atom is 0.164 e. The van der Waals surface area contributed by atoms with Crippen molar-refractivity contribution in [1.82, 2.24) is 0 Å². The summed E-state index contributed by atoms with van der Waals surface area (Å²) in [7, 11) is 1.52. The van der Waals surface area contributed by atoms with Crippen molar-refractivity contribution in [3.05, 3.63) is 21.2 Å². The Morgan fingerprint density at radius 3 is 2.31 bits per heavy atom. The third-order valence-electron chi connectivity index (χ3n) is 2.66. The number of methoxy groups -OCH3 is 1. The van der Waals surface area contributed by atoms with Gasteiger partial charge in [-0.25, -0.2) is 0 Å². The summed E-state index contributed by atoms with van der Waals surface area (Å²) >= 11 is 3.47. The van der Waals surface area contributed by atoms with Crippen LogP contribution in [0.1, 0.15) is 23.6 Å². The highest BCUT2D eigenvalue weighted by Crippen LogP contribution is 2.41. The SMILES string of the molecule is COc1c(C)c(Br)c(C)c(CC(C)O)c1O. The highest BCUT2D eigenvalue weighted by molar-refractivity contribution is 9.10. The van der Waals surface area contributed by atoms with Gasteiger partial charge in [0, 0.05) is 22.0 Å². The van der Waals surface area contributed by atoms with E-state index in [2.05, 4.69) is 15.9 Å². The van der Waals surface area contributed by atoms with Crippen LogP contribution in [0.2, 0.25) is 0 Å². The number of halogens is 1. The van der Waals surface area contributed by atoms with E-state index in [4.69, 9.17) is 4.74 Å². The fraction of sp³-hybridized carbons (Fsp3) is 0.500. The van der Waals surface area contributed by atoms with Crippen molar-refractivity contribution in [2.75, 3.05) is 7.11 Å². The molecule has 16 heavy (non-hydrogen) atoms. The van der Waals surface area contributed by atoms with E-state index in [0.717, 1.165) is 21.2 Å². The number of phenolic OH excluding ortho intramolecular Hbond substituents is 1. The van der Waals surface area contributed by atoms with E-state index in [0.29, 0.717) is 12.2 Å². The number of aliphatic hydroxyl groups excluding tert-OH is 1. The molecule has 1 unspecified atom stereocenters. The van der Waals surface area contributed by atoms with Gasteiger partial charge in [0.2, 0.25) is 0 Å². The summed E-state index contributed by atoms with van der Waals surface area (Å²) in [6.07, 6.45) is -0.0867. The van der Waals surface area contributed by atoms with Crippen molar-refractivity contribution < 1.29 is 14.9 Å². The van der Waals surface area contributed by atoms with Gasteiger partial charge in [-0.1, -0.05) is 15.9 Å². The van der Waals surface area contributed by atoms with Crippen LogP contribution in [-0.4, -0.2) is 23.4 Å². The molecule has 0 aliphatic heterocycles. The quantitative estimate of drug-likeness (QED) is 0.899. The van der Waals surface area contributed by atoms with E-state index in [9.17, 15) is 10.2 Å². The maximum absolute atomic E-state index is 10.1. The van der Waals surface area contributed by atoms with E-state index in [1.807, 2.05) is 13.8 Å². The van der Waals surface area contributed by atoms with E-state index in [-0.39, 0.29) is 5.75 Å². The molecule has 90 valence electrons. The minimum Gasteiger partial charge on any atom is -0.504 e. The smallest absolute Gasteiger partial charge is 0.164 e. The number of phenols is 1. The van der Waals surface area contributed by atoms with E-state index < -0.39 is 6.10 Å². The topological polar surface area (TPSA) is 49.7 Å². The maximum atomic E-state index is 10.1. The molecule has 3 nitrogen and oxygen atoms in total. The van der Waals surface area contributed by atoms with Crippen LogP contribution in [0.25, 0.3) is 0 Å². The fourth-order valence-corrected chi connectivity index (χ4v) is 2.22. The van der Waals surface area contributed by atoms with Gasteiger partial charge in [-0.05, 0) is 26.3 Å². The highest BCUT2D eigenvalue weighted by Gasteiger charge is 2.19. The Morgan fingerprint density at radius 2 is 1.88 bits per heavy atom. The molecule has 0 spiro atoms. The first kappa shape index (κ1) is 13.3. The molecule has 0 amide bonds. The van der Waals surface area contributed by atoms with Crippen LogP contribution in [0, 0.1) is 13.8 Å². The first-order valence-electron chi connectivity index (χ1n) is 5.12. The molecule has 0 aliphatic carbocycles. The second kappa shape index (κ2) is 5.06. The van der Waals surface area contributed by atoms with Crippen molar-refractivity contribution in [1.29, 1.82) is 0 Å². The highest BCUT2D eigenvalue weighted by atomic mass is 79.9. The third-order valence-corrected chi connectivity index (χ3v) is 3.85. The summed E-state index contributed by atoms with van der Waals surface area (Å²) in [5, 5.41) is 19.5. The summed E-state index contributed by atoms with van der Waals surface area (Å²) in [4.78, 5) is 0. The second-order valence-electron chi connectivity index (χ2n) is 3.98. The van der Waals surface area contributed by atoms with Crippen molar-refractivity contribution in [3.63, 3.8) is 0 Å². The van der Waals surface area contributed by atoms with Gasteiger partial charge >= 0.3 is 0 Å². The zero-order valence-corrected chi connectivity index (χ0v) is 11.6. The Hall–Kier alpha value is -0.740. The first-order valence-corrected chi connectivity index (χ1v) is 5.92. The molecule has 0 fully saturated rings. The minimum absolute atomic E-state index is 0.126. The van der Waals surface area contributed by atoms with Gasteiger partial charge in [0.1, 0.15) is 0 Å². The van der Waals surface area contributed by atoms with Crippen LogP contribution in [0.5, 0.6) is 11.5 Å². The van der Waals surface area contributed by atoms with Crippen LogP contribution in [-0.2, 0) is 6.42 Å². The predicted octanol–water partition coefficient (Wildman–Crippen LogP) is 2.70. The molecule has 0 saturated carbocycles. The lowest BCUT2D eigenvalue weighted by atomic mass is 9.98. The zero-order valence-electron chi connectivity index (χ0n) is 9.97. The summed E-state index contributed by atoms with van der Waals surface area (Å²) in [5.41, 5.74) is 2.54. The molecule has 4 heteroatoms. The first-order chi connectivity index (χ1) is 7.40. The Kier molecular flexibility index (Phi) is 4.21. The zero-order chi connectivity index (χ0) is 12.5. The molecule has 0 heterocycles. The molecular formula is C12H17BrO3. The third kappa shape index (κ3) is 2.33. The van der Waals surface area contributed by atoms with Crippen LogP contribution in [0.15, 0.2) is 4.47 Å². The molecule has 1 aromatic rings. The summed E-state index contributed by atoms with van der Waals surface area (Å²) in [6.45, 7) is 5.48. The lowest BCUT2D eigenvalue weighted by molar-refractivity contribution is 0.193. The van der Waals surface area contributed by atoms with Gasteiger partial charge in [-0.15, -0.1) is 0 Å². The molecule has 1 atom stereocenters. The number of aliphatic hydroxyl groups is 1. The van der Waals surface area contributed by atoms with Crippen LogP contribution in [0.3, 0.4) is 0 Å². The summed E-state index contributed by atoms with van der Waals surface area (Å²) in [5.74, 6) is 0.592. The summed E-state index contributed by atoms with van der Waals surface area (Å²) in [6, 6.07) is 0. The normalized spacial score (nSPS) is 12.6. The number of hydrogen-bond donors (Lipinski definition) is 2. The number of rotatable bonds is 3. The van der Waals surface area contributed by atoms with E-state index in [1.54, 1.807) is 6.92 Å². The van der Waals surface area contributed by atoms with Gasteiger partial charge in [0.15, 0.2) is 11.5 Å².